The van der Waals surface area contributed by atoms with E-state index in [1.54, 1.807) is 44.2 Å². The molecule has 1 amide bonds. The standard InChI is InChI=1S/C18H17Cl2NO4/c1-11(2)25-18(23)12-4-3-5-14(8-12)21-17(22)10-24-16-7-6-13(19)9-15(16)20/h3-9,11H,10H2,1-2H3,(H,21,22). The lowest BCUT2D eigenvalue weighted by Crippen LogP contribution is -2.20. The maximum atomic E-state index is 12.0. The summed E-state index contributed by atoms with van der Waals surface area (Å²) in [5.74, 6) is -0.480. The highest BCUT2D eigenvalue weighted by molar-refractivity contribution is 6.35. The van der Waals surface area contributed by atoms with E-state index in [0.717, 1.165) is 0 Å². The second kappa shape index (κ2) is 8.74. The highest BCUT2D eigenvalue weighted by Crippen LogP contribution is 2.27. The highest BCUT2D eigenvalue weighted by atomic mass is 35.5. The molecule has 0 atom stereocenters. The van der Waals surface area contributed by atoms with Crippen molar-refractivity contribution in [3.63, 3.8) is 0 Å². The Bertz CT molecular complexity index is 777. The van der Waals surface area contributed by atoms with Crippen molar-refractivity contribution in [1.82, 2.24) is 0 Å². The molecule has 0 aromatic heterocycles. The van der Waals surface area contributed by atoms with Crippen LogP contribution < -0.4 is 10.1 Å². The molecule has 0 bridgehead atoms. The monoisotopic (exact) mass is 381 g/mol. The summed E-state index contributed by atoms with van der Waals surface area (Å²) in [5, 5.41) is 3.45. The van der Waals surface area contributed by atoms with E-state index in [0.29, 0.717) is 27.0 Å². The van der Waals surface area contributed by atoms with Crippen LogP contribution in [0.2, 0.25) is 10.0 Å². The van der Waals surface area contributed by atoms with Crippen LogP contribution in [0, 0.1) is 0 Å². The Morgan fingerprint density at radius 3 is 2.56 bits per heavy atom. The summed E-state index contributed by atoms with van der Waals surface area (Å²) in [6.07, 6.45) is -0.219. The molecule has 2 rings (SSSR count). The number of hydrogen-bond donors (Lipinski definition) is 1. The van der Waals surface area contributed by atoms with Crippen molar-refractivity contribution in [3.05, 3.63) is 58.1 Å². The Morgan fingerprint density at radius 2 is 1.88 bits per heavy atom. The molecule has 0 aliphatic heterocycles. The summed E-state index contributed by atoms with van der Waals surface area (Å²) < 4.78 is 10.5. The van der Waals surface area contributed by atoms with Crippen molar-refractivity contribution < 1.29 is 19.1 Å². The molecular weight excluding hydrogens is 365 g/mol. The zero-order valence-electron chi connectivity index (χ0n) is 13.7. The van der Waals surface area contributed by atoms with Gasteiger partial charge in [0.05, 0.1) is 16.7 Å². The molecule has 0 spiro atoms. The summed E-state index contributed by atoms with van der Waals surface area (Å²) in [5.41, 5.74) is 0.821. The Labute approximate surface area is 155 Å². The van der Waals surface area contributed by atoms with Gasteiger partial charge in [0.1, 0.15) is 5.75 Å². The van der Waals surface area contributed by atoms with Crippen molar-refractivity contribution in [2.45, 2.75) is 20.0 Å². The lowest BCUT2D eigenvalue weighted by molar-refractivity contribution is -0.118. The maximum Gasteiger partial charge on any atom is 0.338 e. The van der Waals surface area contributed by atoms with Crippen LogP contribution in [0.15, 0.2) is 42.5 Å². The molecule has 5 nitrogen and oxygen atoms in total. The van der Waals surface area contributed by atoms with Gasteiger partial charge in [-0.1, -0.05) is 29.3 Å². The van der Waals surface area contributed by atoms with Crippen LogP contribution in [-0.4, -0.2) is 24.6 Å². The van der Waals surface area contributed by atoms with E-state index in [4.69, 9.17) is 32.7 Å². The molecule has 2 aromatic rings. The lowest BCUT2D eigenvalue weighted by atomic mass is 10.2. The number of ether oxygens (including phenoxy) is 2. The normalized spacial score (nSPS) is 10.4. The molecule has 0 heterocycles. The Hall–Kier alpha value is -2.24. The fourth-order valence-corrected chi connectivity index (χ4v) is 2.40. The van der Waals surface area contributed by atoms with Gasteiger partial charge in [0, 0.05) is 10.7 Å². The smallest absolute Gasteiger partial charge is 0.338 e. The molecule has 0 saturated carbocycles. The first-order chi connectivity index (χ1) is 11.8. The molecule has 132 valence electrons. The zero-order chi connectivity index (χ0) is 18.4. The fraction of sp³-hybridized carbons (Fsp3) is 0.222. The van der Waals surface area contributed by atoms with Gasteiger partial charge in [-0.2, -0.15) is 0 Å². The zero-order valence-corrected chi connectivity index (χ0v) is 15.2. The number of amides is 1. The molecule has 7 heteroatoms. The second-order valence-corrected chi connectivity index (χ2v) is 6.29. The van der Waals surface area contributed by atoms with E-state index in [1.165, 1.54) is 12.1 Å². The van der Waals surface area contributed by atoms with Crippen LogP contribution >= 0.6 is 23.2 Å². The van der Waals surface area contributed by atoms with Gasteiger partial charge in [-0.15, -0.1) is 0 Å². The number of benzene rings is 2. The third kappa shape index (κ3) is 5.96. The number of carbonyl (C=O) groups is 2. The van der Waals surface area contributed by atoms with Gasteiger partial charge in [-0.3, -0.25) is 4.79 Å². The lowest BCUT2D eigenvalue weighted by Gasteiger charge is -2.11. The number of hydrogen-bond acceptors (Lipinski definition) is 4. The van der Waals surface area contributed by atoms with Crippen molar-refractivity contribution in [3.8, 4) is 5.75 Å². The number of esters is 1. The number of halogens is 2. The van der Waals surface area contributed by atoms with Gasteiger partial charge < -0.3 is 14.8 Å². The van der Waals surface area contributed by atoms with Crippen molar-refractivity contribution >= 4 is 40.8 Å². The Kier molecular flexibility index (Phi) is 6.67. The van der Waals surface area contributed by atoms with Gasteiger partial charge >= 0.3 is 5.97 Å². The fourth-order valence-electron chi connectivity index (χ4n) is 1.94. The molecule has 1 N–H and O–H groups in total. The first-order valence-electron chi connectivity index (χ1n) is 7.54. The summed E-state index contributed by atoms with van der Waals surface area (Å²) in [6, 6.07) is 11.2. The first kappa shape index (κ1) is 19.1. The van der Waals surface area contributed by atoms with Crippen LogP contribution in [0.4, 0.5) is 5.69 Å². The summed E-state index contributed by atoms with van der Waals surface area (Å²) in [4.78, 5) is 23.9. The van der Waals surface area contributed by atoms with Crippen LogP contribution in [0.25, 0.3) is 0 Å². The summed E-state index contributed by atoms with van der Waals surface area (Å²) in [7, 11) is 0. The summed E-state index contributed by atoms with van der Waals surface area (Å²) in [6.45, 7) is 3.30. The maximum absolute atomic E-state index is 12.0. The van der Waals surface area contributed by atoms with Gasteiger partial charge in [-0.05, 0) is 50.2 Å². The predicted octanol–water partition coefficient (Wildman–Crippen LogP) is 4.58. The van der Waals surface area contributed by atoms with Gasteiger partial charge in [0.2, 0.25) is 0 Å². The van der Waals surface area contributed by atoms with Crippen molar-refractivity contribution in [1.29, 1.82) is 0 Å². The van der Waals surface area contributed by atoms with Crippen molar-refractivity contribution in [2.75, 3.05) is 11.9 Å². The van der Waals surface area contributed by atoms with Crippen molar-refractivity contribution in [2.24, 2.45) is 0 Å². The van der Waals surface area contributed by atoms with E-state index in [1.807, 2.05) is 0 Å². The highest BCUT2D eigenvalue weighted by Gasteiger charge is 2.11. The van der Waals surface area contributed by atoms with Gasteiger partial charge in [-0.25, -0.2) is 4.79 Å². The number of nitrogens with one attached hydrogen (secondary N) is 1. The van der Waals surface area contributed by atoms with E-state index >= 15 is 0 Å². The van der Waals surface area contributed by atoms with Crippen LogP contribution in [0.3, 0.4) is 0 Å². The topological polar surface area (TPSA) is 64.6 Å². The molecule has 0 radical (unpaired) electrons. The average Bonchev–Trinajstić information content (AvgIpc) is 2.53. The largest absolute Gasteiger partial charge is 0.482 e. The van der Waals surface area contributed by atoms with Crippen LogP contribution in [0.5, 0.6) is 5.75 Å². The molecular formula is C18H17Cl2NO4. The number of carbonyl (C=O) groups excluding carboxylic acids is 2. The number of rotatable bonds is 6. The SMILES string of the molecule is CC(C)OC(=O)c1cccc(NC(=O)COc2ccc(Cl)cc2Cl)c1. The molecule has 0 aliphatic rings. The van der Waals surface area contributed by atoms with E-state index in [-0.39, 0.29) is 18.6 Å². The molecule has 25 heavy (non-hydrogen) atoms. The molecule has 0 aliphatic carbocycles. The third-order valence-corrected chi connectivity index (χ3v) is 3.51. The predicted molar refractivity (Wildman–Crippen MR) is 97.6 cm³/mol. The van der Waals surface area contributed by atoms with E-state index in [2.05, 4.69) is 5.32 Å². The molecule has 2 aromatic carbocycles. The van der Waals surface area contributed by atoms with Crippen LogP contribution in [-0.2, 0) is 9.53 Å². The number of anilines is 1. The van der Waals surface area contributed by atoms with E-state index in [9.17, 15) is 9.59 Å². The van der Waals surface area contributed by atoms with E-state index < -0.39 is 5.97 Å². The first-order valence-corrected chi connectivity index (χ1v) is 8.29. The molecule has 0 saturated heterocycles. The quantitative estimate of drug-likeness (QED) is 0.743. The Balaban J connectivity index is 1.95. The minimum absolute atomic E-state index is 0.219. The summed E-state index contributed by atoms with van der Waals surface area (Å²) >= 11 is 11.8. The average molecular weight is 382 g/mol. The Morgan fingerprint density at radius 1 is 1.12 bits per heavy atom. The third-order valence-electron chi connectivity index (χ3n) is 2.98. The van der Waals surface area contributed by atoms with Crippen LogP contribution in [0.1, 0.15) is 24.2 Å². The minimum atomic E-state index is -0.449. The minimum Gasteiger partial charge on any atom is -0.482 e. The van der Waals surface area contributed by atoms with Gasteiger partial charge in [0.25, 0.3) is 5.91 Å². The molecule has 0 fully saturated rings. The van der Waals surface area contributed by atoms with Gasteiger partial charge in [0.15, 0.2) is 6.61 Å². The second-order valence-electron chi connectivity index (χ2n) is 5.45. The molecule has 0 unspecified atom stereocenters.